The first kappa shape index (κ1) is 10.2. The van der Waals surface area contributed by atoms with Crippen molar-refractivity contribution >= 4 is 22.4 Å². The zero-order valence-electron chi connectivity index (χ0n) is 6.62. The maximum atomic E-state index is 11.3. The van der Waals surface area contributed by atoms with E-state index in [0.717, 1.165) is 12.8 Å². The smallest absolute Gasteiger partial charge is 0.217 e. The van der Waals surface area contributed by atoms with E-state index >= 15 is 0 Å². The van der Waals surface area contributed by atoms with Gasteiger partial charge in [0.25, 0.3) is 0 Å². The molecule has 0 bridgehead atoms. The molecule has 1 heterocycles. The summed E-state index contributed by atoms with van der Waals surface area (Å²) in [5, 5.41) is 0. The van der Waals surface area contributed by atoms with Gasteiger partial charge in [0, 0.05) is 12.6 Å². The zero-order valence-corrected chi connectivity index (χ0v) is 8.25. The van der Waals surface area contributed by atoms with E-state index in [1.807, 2.05) is 0 Å². The van der Waals surface area contributed by atoms with Crippen LogP contribution < -0.4 is 10.5 Å². The summed E-state index contributed by atoms with van der Waals surface area (Å²) in [6.07, 6.45) is 2.35. The van der Waals surface area contributed by atoms with Crippen molar-refractivity contribution in [3.63, 3.8) is 0 Å². The van der Waals surface area contributed by atoms with Crippen LogP contribution in [0.5, 0.6) is 0 Å². The molecule has 2 aliphatic rings. The second-order valence-electron chi connectivity index (χ2n) is 3.44. The van der Waals surface area contributed by atoms with E-state index in [2.05, 4.69) is 4.72 Å². The number of nitrogens with two attached hydrogens (primary N) is 1. The van der Waals surface area contributed by atoms with Crippen LogP contribution in [0.25, 0.3) is 0 Å². The van der Waals surface area contributed by atoms with Crippen LogP contribution in [0.3, 0.4) is 0 Å². The molecule has 1 saturated carbocycles. The van der Waals surface area contributed by atoms with E-state index in [1.165, 1.54) is 0 Å². The maximum Gasteiger partial charge on any atom is 0.217 e. The van der Waals surface area contributed by atoms with Gasteiger partial charge in [-0.3, -0.25) is 0 Å². The van der Waals surface area contributed by atoms with Crippen molar-refractivity contribution in [2.45, 2.75) is 30.1 Å². The molecule has 1 spiro atoms. The zero-order chi connectivity index (χ0) is 8.11. The van der Waals surface area contributed by atoms with E-state index in [9.17, 15) is 8.42 Å². The first-order chi connectivity index (χ1) is 5.10. The van der Waals surface area contributed by atoms with Crippen molar-refractivity contribution in [2.75, 3.05) is 6.54 Å². The highest BCUT2D eigenvalue weighted by molar-refractivity contribution is 7.91. The Bertz CT molecular complexity index is 273. The average Bonchev–Trinajstić information content (AvgIpc) is 2.62. The number of halogens is 1. The largest absolute Gasteiger partial charge is 0.329 e. The van der Waals surface area contributed by atoms with E-state index in [-0.39, 0.29) is 18.4 Å². The SMILES string of the molecule is Cl.NCC1CC2(CC2)S(=O)(=O)N1. The normalized spacial score (nSPS) is 34.6. The van der Waals surface area contributed by atoms with Crippen molar-refractivity contribution in [2.24, 2.45) is 5.73 Å². The molecule has 0 aromatic carbocycles. The molecular weight excluding hydrogens is 200 g/mol. The summed E-state index contributed by atoms with van der Waals surface area (Å²) in [7, 11) is -3.00. The lowest BCUT2D eigenvalue weighted by atomic mass is 10.1. The van der Waals surface area contributed by atoms with Gasteiger partial charge < -0.3 is 5.73 Å². The number of hydrogen-bond donors (Lipinski definition) is 2. The monoisotopic (exact) mass is 212 g/mol. The standard InChI is InChI=1S/C6H12N2O2S.ClH/c7-4-5-3-6(1-2-6)11(9,10)8-5;/h5,8H,1-4,7H2;1H. The molecule has 0 aromatic rings. The Labute approximate surface area is 78.4 Å². The third-order valence-corrected chi connectivity index (χ3v) is 4.96. The molecular formula is C6H13ClN2O2S. The van der Waals surface area contributed by atoms with Gasteiger partial charge in [-0.05, 0) is 19.3 Å². The van der Waals surface area contributed by atoms with Gasteiger partial charge in [-0.15, -0.1) is 12.4 Å². The summed E-state index contributed by atoms with van der Waals surface area (Å²) in [6, 6.07) is -0.0116. The molecule has 1 unspecified atom stereocenters. The minimum atomic E-state index is -3.00. The molecule has 0 aromatic heterocycles. The molecule has 12 heavy (non-hydrogen) atoms. The molecule has 0 amide bonds. The highest BCUT2D eigenvalue weighted by Gasteiger charge is 2.59. The van der Waals surface area contributed by atoms with Crippen LogP contribution in [-0.4, -0.2) is 25.8 Å². The predicted molar refractivity (Wildman–Crippen MR) is 48.7 cm³/mol. The molecule has 1 aliphatic carbocycles. The maximum absolute atomic E-state index is 11.3. The van der Waals surface area contributed by atoms with E-state index < -0.39 is 14.8 Å². The Morgan fingerprint density at radius 3 is 2.33 bits per heavy atom. The van der Waals surface area contributed by atoms with Crippen LogP contribution >= 0.6 is 12.4 Å². The van der Waals surface area contributed by atoms with E-state index in [4.69, 9.17) is 5.73 Å². The Morgan fingerprint density at radius 2 is 2.08 bits per heavy atom. The summed E-state index contributed by atoms with van der Waals surface area (Å²) in [5.41, 5.74) is 5.38. The molecule has 1 atom stereocenters. The molecule has 6 heteroatoms. The third-order valence-electron chi connectivity index (χ3n) is 2.60. The average molecular weight is 213 g/mol. The Morgan fingerprint density at radius 1 is 1.50 bits per heavy atom. The first-order valence-electron chi connectivity index (χ1n) is 3.82. The number of nitrogens with one attached hydrogen (secondary N) is 1. The lowest BCUT2D eigenvalue weighted by Gasteiger charge is -2.01. The second kappa shape index (κ2) is 2.83. The van der Waals surface area contributed by atoms with Gasteiger partial charge in [0.15, 0.2) is 0 Å². The Balaban J connectivity index is 0.000000720. The molecule has 4 nitrogen and oxygen atoms in total. The molecule has 72 valence electrons. The fourth-order valence-corrected chi connectivity index (χ4v) is 3.62. The summed E-state index contributed by atoms with van der Waals surface area (Å²) in [5.74, 6) is 0. The fourth-order valence-electron chi connectivity index (χ4n) is 1.69. The van der Waals surface area contributed by atoms with Crippen LogP contribution in [0.15, 0.2) is 0 Å². The lowest BCUT2D eigenvalue weighted by Crippen LogP contribution is -2.32. The highest BCUT2D eigenvalue weighted by atomic mass is 35.5. The minimum Gasteiger partial charge on any atom is -0.329 e. The van der Waals surface area contributed by atoms with Crippen LogP contribution in [0.2, 0.25) is 0 Å². The molecule has 0 radical (unpaired) electrons. The number of rotatable bonds is 1. The second-order valence-corrected chi connectivity index (χ2v) is 5.55. The van der Waals surface area contributed by atoms with E-state index in [1.54, 1.807) is 0 Å². The third kappa shape index (κ3) is 1.25. The lowest BCUT2D eigenvalue weighted by molar-refractivity contribution is 0.580. The predicted octanol–water partition coefficient (Wildman–Crippen LogP) is -0.409. The van der Waals surface area contributed by atoms with Gasteiger partial charge in [0.2, 0.25) is 10.0 Å². The van der Waals surface area contributed by atoms with Crippen molar-refractivity contribution in [3.05, 3.63) is 0 Å². The van der Waals surface area contributed by atoms with Crippen LogP contribution in [0, 0.1) is 0 Å². The van der Waals surface area contributed by atoms with Crippen molar-refractivity contribution < 1.29 is 8.42 Å². The Kier molecular flexibility index (Phi) is 2.42. The van der Waals surface area contributed by atoms with Gasteiger partial charge in [-0.2, -0.15) is 0 Å². The summed E-state index contributed by atoms with van der Waals surface area (Å²) in [6.45, 7) is 0.418. The summed E-state index contributed by atoms with van der Waals surface area (Å²) in [4.78, 5) is 0. The first-order valence-corrected chi connectivity index (χ1v) is 5.30. The number of hydrogen-bond acceptors (Lipinski definition) is 3. The minimum absolute atomic E-state index is 0. The van der Waals surface area contributed by atoms with E-state index in [0.29, 0.717) is 13.0 Å². The molecule has 2 rings (SSSR count). The van der Waals surface area contributed by atoms with Gasteiger partial charge in [0.1, 0.15) is 0 Å². The van der Waals surface area contributed by atoms with Crippen molar-refractivity contribution in [1.82, 2.24) is 4.72 Å². The molecule has 1 aliphatic heterocycles. The number of sulfonamides is 1. The molecule has 2 fully saturated rings. The van der Waals surface area contributed by atoms with Gasteiger partial charge in [-0.1, -0.05) is 0 Å². The van der Waals surface area contributed by atoms with Gasteiger partial charge >= 0.3 is 0 Å². The van der Waals surface area contributed by atoms with Crippen LogP contribution in [-0.2, 0) is 10.0 Å². The molecule has 1 saturated heterocycles. The van der Waals surface area contributed by atoms with Gasteiger partial charge in [0.05, 0.1) is 4.75 Å². The van der Waals surface area contributed by atoms with Crippen LogP contribution in [0.4, 0.5) is 0 Å². The van der Waals surface area contributed by atoms with Crippen LogP contribution in [0.1, 0.15) is 19.3 Å². The van der Waals surface area contributed by atoms with Gasteiger partial charge in [-0.25, -0.2) is 13.1 Å². The highest BCUT2D eigenvalue weighted by Crippen LogP contribution is 2.50. The summed E-state index contributed by atoms with van der Waals surface area (Å²) < 4.78 is 24.9. The molecule has 3 N–H and O–H groups in total. The topological polar surface area (TPSA) is 72.2 Å². The summed E-state index contributed by atoms with van der Waals surface area (Å²) >= 11 is 0. The Hall–Kier alpha value is 0.160. The van der Waals surface area contributed by atoms with Crippen molar-refractivity contribution in [1.29, 1.82) is 0 Å². The van der Waals surface area contributed by atoms with Crippen molar-refractivity contribution in [3.8, 4) is 0 Å². The fraction of sp³-hybridized carbons (Fsp3) is 1.00. The quantitative estimate of drug-likeness (QED) is 0.621.